The molecule has 2 heterocycles. The molecule has 0 bridgehead atoms. The van der Waals surface area contributed by atoms with Crippen LogP contribution in [-0.2, 0) is 11.2 Å². The number of nitrogens with zero attached hydrogens (tertiary/aromatic N) is 2. The fraction of sp³-hybridized carbons (Fsp3) is 0.562. The summed E-state index contributed by atoms with van der Waals surface area (Å²) in [5.41, 5.74) is 10.7. The Kier molecular flexibility index (Phi) is 3.30. The van der Waals surface area contributed by atoms with Gasteiger partial charge in [0.25, 0.3) is 0 Å². The maximum absolute atomic E-state index is 12.0. The lowest BCUT2D eigenvalue weighted by atomic mass is 9.94. The van der Waals surface area contributed by atoms with E-state index in [0.29, 0.717) is 18.4 Å². The predicted octanol–water partition coefficient (Wildman–Crippen LogP) is 1.47. The van der Waals surface area contributed by atoms with Crippen LogP contribution in [-0.4, -0.2) is 38.0 Å². The number of benzene rings is 1. The first-order valence-corrected chi connectivity index (χ1v) is 7.31. The van der Waals surface area contributed by atoms with Crippen LogP contribution in [0.1, 0.15) is 29.2 Å². The second kappa shape index (κ2) is 4.86. The first-order valence-electron chi connectivity index (χ1n) is 7.31. The summed E-state index contributed by atoms with van der Waals surface area (Å²) in [6, 6.07) is 4.77. The molecule has 20 heavy (non-hydrogen) atoms. The summed E-state index contributed by atoms with van der Waals surface area (Å²) in [5, 5.41) is 0. The van der Waals surface area contributed by atoms with Crippen molar-refractivity contribution in [3.05, 3.63) is 28.8 Å². The average molecular weight is 273 g/mol. The second-order valence-electron chi connectivity index (χ2n) is 6.28. The first kappa shape index (κ1) is 13.6. The standard InChI is InChI=1S/C16H23N3O/c1-10-4-12-7-15(20)19(3)16(12)13(5-10)14-6-11(8-17)9-18(14)2/h4-5,11,14H,6-9,17H2,1-3H3. The molecule has 3 rings (SSSR count). The van der Waals surface area contributed by atoms with Crippen LogP contribution in [0.5, 0.6) is 0 Å². The lowest BCUT2D eigenvalue weighted by molar-refractivity contribution is -0.117. The molecule has 2 atom stereocenters. The largest absolute Gasteiger partial charge is 0.330 e. The molecule has 2 unspecified atom stereocenters. The van der Waals surface area contributed by atoms with E-state index in [1.165, 1.54) is 16.7 Å². The summed E-state index contributed by atoms with van der Waals surface area (Å²) in [7, 11) is 4.05. The lowest BCUT2D eigenvalue weighted by Gasteiger charge is -2.25. The van der Waals surface area contributed by atoms with Gasteiger partial charge in [0.15, 0.2) is 0 Å². The van der Waals surface area contributed by atoms with E-state index in [0.717, 1.165) is 25.2 Å². The zero-order chi connectivity index (χ0) is 14.4. The van der Waals surface area contributed by atoms with Gasteiger partial charge in [0.2, 0.25) is 5.91 Å². The minimum atomic E-state index is 0.197. The van der Waals surface area contributed by atoms with Crippen LogP contribution in [0.15, 0.2) is 12.1 Å². The third-order valence-corrected chi connectivity index (χ3v) is 4.74. The molecular formula is C16H23N3O. The number of rotatable bonds is 2. The van der Waals surface area contributed by atoms with Gasteiger partial charge in [-0.15, -0.1) is 0 Å². The van der Waals surface area contributed by atoms with Crippen molar-refractivity contribution >= 4 is 11.6 Å². The van der Waals surface area contributed by atoms with Crippen LogP contribution in [0.4, 0.5) is 5.69 Å². The number of hydrogen-bond acceptors (Lipinski definition) is 3. The SMILES string of the molecule is Cc1cc2c(c(C3CC(CN)CN3C)c1)N(C)C(=O)C2. The highest BCUT2D eigenvalue weighted by Gasteiger charge is 2.35. The van der Waals surface area contributed by atoms with Gasteiger partial charge >= 0.3 is 0 Å². The van der Waals surface area contributed by atoms with Gasteiger partial charge in [0, 0.05) is 19.6 Å². The van der Waals surface area contributed by atoms with E-state index in [9.17, 15) is 4.79 Å². The van der Waals surface area contributed by atoms with Gasteiger partial charge in [-0.05, 0) is 44.0 Å². The molecule has 1 saturated heterocycles. The van der Waals surface area contributed by atoms with Crippen molar-refractivity contribution in [2.75, 3.05) is 32.1 Å². The van der Waals surface area contributed by atoms with Gasteiger partial charge in [-0.3, -0.25) is 9.69 Å². The molecule has 0 aromatic heterocycles. The minimum Gasteiger partial charge on any atom is -0.330 e. The molecule has 2 aliphatic heterocycles. The molecular weight excluding hydrogens is 250 g/mol. The number of aryl methyl sites for hydroxylation is 1. The van der Waals surface area contributed by atoms with E-state index < -0.39 is 0 Å². The Morgan fingerprint density at radius 3 is 2.75 bits per heavy atom. The Morgan fingerprint density at radius 2 is 2.10 bits per heavy atom. The van der Waals surface area contributed by atoms with Crippen LogP contribution in [0.2, 0.25) is 0 Å². The normalized spacial score (nSPS) is 26.4. The zero-order valence-corrected chi connectivity index (χ0v) is 12.5. The van der Waals surface area contributed by atoms with Gasteiger partial charge in [-0.25, -0.2) is 0 Å². The first-order chi connectivity index (χ1) is 9.51. The number of amides is 1. The molecule has 0 aliphatic carbocycles. The number of anilines is 1. The molecule has 1 aromatic carbocycles. The molecule has 0 saturated carbocycles. The van der Waals surface area contributed by atoms with Gasteiger partial charge in [-0.2, -0.15) is 0 Å². The quantitative estimate of drug-likeness (QED) is 0.887. The third kappa shape index (κ3) is 2.03. The van der Waals surface area contributed by atoms with E-state index in [4.69, 9.17) is 5.73 Å². The van der Waals surface area contributed by atoms with Crippen LogP contribution < -0.4 is 10.6 Å². The van der Waals surface area contributed by atoms with E-state index >= 15 is 0 Å². The Hall–Kier alpha value is -1.39. The Balaban J connectivity index is 2.05. The number of likely N-dealkylation sites (N-methyl/N-ethyl adjacent to an activating group) is 1. The van der Waals surface area contributed by atoms with Crippen molar-refractivity contribution in [1.29, 1.82) is 0 Å². The number of carbonyl (C=O) groups is 1. The minimum absolute atomic E-state index is 0.197. The fourth-order valence-electron chi connectivity index (χ4n) is 3.73. The summed E-state index contributed by atoms with van der Waals surface area (Å²) in [6.07, 6.45) is 1.63. The second-order valence-corrected chi connectivity index (χ2v) is 6.28. The molecule has 4 heteroatoms. The van der Waals surface area contributed by atoms with Gasteiger partial charge < -0.3 is 10.6 Å². The summed E-state index contributed by atoms with van der Waals surface area (Å²) in [4.78, 5) is 16.2. The van der Waals surface area contributed by atoms with Crippen LogP contribution in [0.25, 0.3) is 0 Å². The fourth-order valence-corrected chi connectivity index (χ4v) is 3.73. The zero-order valence-electron chi connectivity index (χ0n) is 12.5. The summed E-state index contributed by atoms with van der Waals surface area (Å²) in [6.45, 7) is 3.90. The number of fused-ring (bicyclic) bond motifs is 1. The molecule has 2 aliphatic rings. The van der Waals surface area contributed by atoms with Crippen molar-refractivity contribution < 1.29 is 4.79 Å². The molecule has 1 fully saturated rings. The summed E-state index contributed by atoms with van der Waals surface area (Å²) in [5.74, 6) is 0.756. The number of hydrogen-bond donors (Lipinski definition) is 1. The molecule has 108 valence electrons. The Bertz CT molecular complexity index is 555. The molecule has 4 nitrogen and oxygen atoms in total. The lowest BCUT2D eigenvalue weighted by Crippen LogP contribution is -2.24. The smallest absolute Gasteiger partial charge is 0.231 e. The van der Waals surface area contributed by atoms with Crippen LogP contribution >= 0.6 is 0 Å². The van der Waals surface area contributed by atoms with E-state index in [-0.39, 0.29) is 5.91 Å². The Morgan fingerprint density at radius 1 is 1.35 bits per heavy atom. The average Bonchev–Trinajstić information content (AvgIpc) is 2.90. The topological polar surface area (TPSA) is 49.6 Å². The van der Waals surface area contributed by atoms with E-state index in [1.54, 1.807) is 0 Å². The highest BCUT2D eigenvalue weighted by Crippen LogP contribution is 2.42. The van der Waals surface area contributed by atoms with Gasteiger partial charge in [0.1, 0.15) is 0 Å². The highest BCUT2D eigenvalue weighted by atomic mass is 16.2. The predicted molar refractivity (Wildman–Crippen MR) is 80.8 cm³/mol. The highest BCUT2D eigenvalue weighted by molar-refractivity contribution is 6.02. The van der Waals surface area contributed by atoms with Crippen molar-refractivity contribution in [3.63, 3.8) is 0 Å². The van der Waals surface area contributed by atoms with Crippen LogP contribution in [0.3, 0.4) is 0 Å². The van der Waals surface area contributed by atoms with Crippen molar-refractivity contribution in [2.45, 2.75) is 25.8 Å². The summed E-state index contributed by atoms with van der Waals surface area (Å²) < 4.78 is 0. The monoisotopic (exact) mass is 273 g/mol. The maximum atomic E-state index is 12.0. The van der Waals surface area contributed by atoms with Crippen LogP contribution in [0, 0.1) is 12.8 Å². The number of nitrogens with two attached hydrogens (primary N) is 1. The number of carbonyl (C=O) groups excluding carboxylic acids is 1. The molecule has 2 N–H and O–H groups in total. The summed E-state index contributed by atoms with van der Waals surface area (Å²) >= 11 is 0. The molecule has 1 amide bonds. The Labute approximate surface area is 120 Å². The van der Waals surface area contributed by atoms with Crippen molar-refractivity contribution in [2.24, 2.45) is 11.7 Å². The van der Waals surface area contributed by atoms with Gasteiger partial charge in [-0.1, -0.05) is 17.7 Å². The maximum Gasteiger partial charge on any atom is 0.231 e. The molecule has 1 aromatic rings. The van der Waals surface area contributed by atoms with Gasteiger partial charge in [0.05, 0.1) is 12.1 Å². The third-order valence-electron chi connectivity index (χ3n) is 4.74. The van der Waals surface area contributed by atoms with Crippen molar-refractivity contribution in [1.82, 2.24) is 4.90 Å². The number of likely N-dealkylation sites (tertiary alicyclic amines) is 1. The molecule has 0 spiro atoms. The van der Waals surface area contributed by atoms with E-state index in [1.807, 2.05) is 11.9 Å². The van der Waals surface area contributed by atoms with Crippen molar-refractivity contribution in [3.8, 4) is 0 Å². The van der Waals surface area contributed by atoms with E-state index in [2.05, 4.69) is 31.0 Å². The molecule has 0 radical (unpaired) electrons.